The third-order valence-corrected chi connectivity index (χ3v) is 5.22. The number of amides is 1. The Morgan fingerprint density at radius 2 is 1.85 bits per heavy atom. The quantitative estimate of drug-likeness (QED) is 0.874. The van der Waals surface area contributed by atoms with Gasteiger partial charge in [0, 0.05) is 38.3 Å². The highest BCUT2D eigenvalue weighted by Crippen LogP contribution is 2.28. The van der Waals surface area contributed by atoms with Crippen molar-refractivity contribution in [3.63, 3.8) is 0 Å². The van der Waals surface area contributed by atoms with Crippen molar-refractivity contribution in [3.05, 3.63) is 53.6 Å². The lowest BCUT2D eigenvalue weighted by Crippen LogP contribution is -2.46. The van der Waals surface area contributed by atoms with Gasteiger partial charge in [0.25, 0.3) is 0 Å². The fourth-order valence-corrected chi connectivity index (χ4v) is 3.78. The first kappa shape index (κ1) is 19.2. The average molecular weight is 368 g/mol. The molecular formula is C22H28N2O3. The van der Waals surface area contributed by atoms with Crippen LogP contribution in [0.15, 0.2) is 42.5 Å². The lowest BCUT2D eigenvalue weighted by atomic mass is 10.0. The molecule has 2 aromatic carbocycles. The zero-order valence-corrected chi connectivity index (χ0v) is 16.3. The molecule has 0 aliphatic carbocycles. The summed E-state index contributed by atoms with van der Waals surface area (Å²) in [5.41, 5.74) is 3.24. The number of carbonyl (C=O) groups is 1. The van der Waals surface area contributed by atoms with E-state index >= 15 is 0 Å². The van der Waals surface area contributed by atoms with Crippen molar-refractivity contribution in [2.75, 3.05) is 25.1 Å². The fraction of sp³-hybridized carbons (Fsp3) is 0.409. The Hall–Kier alpha value is -2.53. The molecule has 0 unspecified atom stereocenters. The second-order valence-corrected chi connectivity index (χ2v) is 7.24. The molecule has 3 rings (SSSR count). The Morgan fingerprint density at radius 3 is 2.41 bits per heavy atom. The van der Waals surface area contributed by atoms with Gasteiger partial charge in [-0.05, 0) is 49.6 Å². The Kier molecular flexibility index (Phi) is 6.01. The van der Waals surface area contributed by atoms with Crippen LogP contribution in [0.25, 0.3) is 0 Å². The summed E-state index contributed by atoms with van der Waals surface area (Å²) in [6.45, 7) is 6.33. The standard InChI is InChI=1S/C22H28N2O3/c1-16-4-7-19(8-5-16)24(17(2)25)20-10-12-23(13-11-20)15-18-6-9-22(27-3)21(26)14-18/h4-9,14,20,26H,10-13,15H2,1-3H3. The number of aromatic hydroxyl groups is 1. The summed E-state index contributed by atoms with van der Waals surface area (Å²) < 4.78 is 5.10. The van der Waals surface area contributed by atoms with Crippen LogP contribution in [0, 0.1) is 6.92 Å². The fourth-order valence-electron chi connectivity index (χ4n) is 3.78. The van der Waals surface area contributed by atoms with Gasteiger partial charge >= 0.3 is 0 Å². The molecule has 5 heteroatoms. The number of benzene rings is 2. The lowest BCUT2D eigenvalue weighted by molar-refractivity contribution is -0.117. The van der Waals surface area contributed by atoms with Crippen LogP contribution in [0.4, 0.5) is 5.69 Å². The van der Waals surface area contributed by atoms with Crippen molar-refractivity contribution in [3.8, 4) is 11.5 Å². The van der Waals surface area contributed by atoms with E-state index in [1.807, 2.05) is 23.1 Å². The molecule has 2 aromatic rings. The zero-order chi connectivity index (χ0) is 19.4. The van der Waals surface area contributed by atoms with Crippen LogP contribution >= 0.6 is 0 Å². The van der Waals surface area contributed by atoms with Gasteiger partial charge in [0.2, 0.25) is 5.91 Å². The monoisotopic (exact) mass is 368 g/mol. The molecule has 1 saturated heterocycles. The number of carbonyl (C=O) groups excluding carboxylic acids is 1. The number of likely N-dealkylation sites (tertiary alicyclic amines) is 1. The number of rotatable bonds is 5. The summed E-state index contributed by atoms with van der Waals surface area (Å²) in [5.74, 6) is 0.761. The van der Waals surface area contributed by atoms with Gasteiger partial charge < -0.3 is 14.7 Å². The predicted molar refractivity (Wildman–Crippen MR) is 107 cm³/mol. The van der Waals surface area contributed by atoms with Crippen molar-refractivity contribution in [2.45, 2.75) is 39.3 Å². The number of anilines is 1. The molecule has 0 atom stereocenters. The maximum atomic E-state index is 12.3. The van der Waals surface area contributed by atoms with E-state index in [-0.39, 0.29) is 17.7 Å². The molecule has 5 nitrogen and oxygen atoms in total. The minimum Gasteiger partial charge on any atom is -0.504 e. The third kappa shape index (κ3) is 4.61. The Morgan fingerprint density at radius 1 is 1.19 bits per heavy atom. The van der Waals surface area contributed by atoms with Crippen LogP contribution in [0.2, 0.25) is 0 Å². The van der Waals surface area contributed by atoms with E-state index in [2.05, 4.69) is 24.0 Å². The van der Waals surface area contributed by atoms with E-state index in [1.165, 1.54) is 5.56 Å². The maximum absolute atomic E-state index is 12.3. The lowest BCUT2D eigenvalue weighted by Gasteiger charge is -2.38. The molecule has 0 bridgehead atoms. The molecular weight excluding hydrogens is 340 g/mol. The van der Waals surface area contributed by atoms with Crippen molar-refractivity contribution < 1.29 is 14.6 Å². The topological polar surface area (TPSA) is 53.0 Å². The van der Waals surface area contributed by atoms with Crippen LogP contribution in [0.3, 0.4) is 0 Å². The molecule has 1 fully saturated rings. The average Bonchev–Trinajstić information content (AvgIpc) is 2.65. The number of phenolic OH excluding ortho intramolecular Hbond substituents is 1. The van der Waals surface area contributed by atoms with Gasteiger partial charge in [-0.25, -0.2) is 0 Å². The number of ether oxygens (including phenoxy) is 1. The number of methoxy groups -OCH3 is 1. The van der Waals surface area contributed by atoms with E-state index in [0.29, 0.717) is 5.75 Å². The minimum absolute atomic E-state index is 0.0948. The Bertz CT molecular complexity index is 781. The van der Waals surface area contributed by atoms with Crippen LogP contribution in [0.5, 0.6) is 11.5 Å². The molecule has 1 aliphatic rings. The molecule has 0 saturated carbocycles. The van der Waals surface area contributed by atoms with Crippen LogP contribution in [-0.2, 0) is 11.3 Å². The van der Waals surface area contributed by atoms with Crippen LogP contribution < -0.4 is 9.64 Å². The van der Waals surface area contributed by atoms with E-state index in [4.69, 9.17) is 4.74 Å². The minimum atomic E-state index is 0.0948. The maximum Gasteiger partial charge on any atom is 0.224 e. The Balaban J connectivity index is 1.62. The van der Waals surface area contributed by atoms with E-state index in [0.717, 1.165) is 43.7 Å². The smallest absolute Gasteiger partial charge is 0.224 e. The number of hydrogen-bond acceptors (Lipinski definition) is 4. The molecule has 1 N–H and O–H groups in total. The van der Waals surface area contributed by atoms with Crippen molar-refractivity contribution in [2.24, 2.45) is 0 Å². The Labute approximate surface area is 161 Å². The number of piperidine rings is 1. The van der Waals surface area contributed by atoms with Gasteiger partial charge in [-0.2, -0.15) is 0 Å². The summed E-state index contributed by atoms with van der Waals surface area (Å²) in [7, 11) is 1.55. The molecule has 0 aromatic heterocycles. The predicted octanol–water partition coefficient (Wildman–Crippen LogP) is 3.73. The van der Waals surface area contributed by atoms with Gasteiger partial charge in [0.1, 0.15) is 0 Å². The summed E-state index contributed by atoms with van der Waals surface area (Å²) >= 11 is 0. The van der Waals surface area contributed by atoms with Crippen molar-refractivity contribution in [1.82, 2.24) is 4.90 Å². The largest absolute Gasteiger partial charge is 0.504 e. The number of nitrogens with zero attached hydrogens (tertiary/aromatic N) is 2. The van der Waals surface area contributed by atoms with Crippen molar-refractivity contribution >= 4 is 11.6 Å². The second kappa shape index (κ2) is 8.44. The zero-order valence-electron chi connectivity index (χ0n) is 16.3. The summed E-state index contributed by atoms with van der Waals surface area (Å²) in [5, 5.41) is 9.95. The number of phenols is 1. The van der Waals surface area contributed by atoms with Crippen molar-refractivity contribution in [1.29, 1.82) is 0 Å². The van der Waals surface area contributed by atoms with Crippen LogP contribution in [-0.4, -0.2) is 42.2 Å². The first-order valence-electron chi connectivity index (χ1n) is 9.42. The molecule has 0 spiro atoms. The molecule has 144 valence electrons. The molecule has 1 aliphatic heterocycles. The van der Waals surface area contributed by atoms with Gasteiger partial charge in [-0.3, -0.25) is 9.69 Å². The van der Waals surface area contributed by atoms with Gasteiger partial charge in [-0.1, -0.05) is 23.8 Å². The SMILES string of the molecule is COc1ccc(CN2CCC(N(C(C)=O)c3ccc(C)cc3)CC2)cc1O. The third-order valence-electron chi connectivity index (χ3n) is 5.22. The van der Waals surface area contributed by atoms with Gasteiger partial charge in [-0.15, -0.1) is 0 Å². The first-order chi connectivity index (χ1) is 13.0. The summed E-state index contributed by atoms with van der Waals surface area (Å²) in [4.78, 5) is 16.6. The first-order valence-corrected chi connectivity index (χ1v) is 9.42. The molecule has 1 amide bonds. The molecule has 1 heterocycles. The van der Waals surface area contributed by atoms with Gasteiger partial charge in [0.15, 0.2) is 11.5 Å². The summed E-state index contributed by atoms with van der Waals surface area (Å²) in [6, 6.07) is 13.9. The van der Waals surface area contributed by atoms with E-state index < -0.39 is 0 Å². The highest BCUT2D eigenvalue weighted by atomic mass is 16.5. The van der Waals surface area contributed by atoms with Gasteiger partial charge in [0.05, 0.1) is 7.11 Å². The molecule has 0 radical (unpaired) electrons. The van der Waals surface area contributed by atoms with E-state index in [1.54, 1.807) is 26.2 Å². The normalized spacial score (nSPS) is 15.5. The highest BCUT2D eigenvalue weighted by Gasteiger charge is 2.27. The van der Waals surface area contributed by atoms with Crippen LogP contribution in [0.1, 0.15) is 30.9 Å². The number of hydrogen-bond donors (Lipinski definition) is 1. The number of aryl methyl sites for hydroxylation is 1. The highest BCUT2D eigenvalue weighted by molar-refractivity contribution is 5.92. The van der Waals surface area contributed by atoms with E-state index in [9.17, 15) is 9.90 Å². The molecule has 27 heavy (non-hydrogen) atoms. The summed E-state index contributed by atoms with van der Waals surface area (Å²) in [6.07, 6.45) is 1.88. The second-order valence-electron chi connectivity index (χ2n) is 7.24.